The van der Waals surface area contributed by atoms with Gasteiger partial charge in [0.15, 0.2) is 0 Å². The summed E-state index contributed by atoms with van der Waals surface area (Å²) in [6, 6.07) is 11.1. The van der Waals surface area contributed by atoms with Crippen molar-refractivity contribution in [2.45, 2.75) is 0 Å². The van der Waals surface area contributed by atoms with Gasteiger partial charge in [0.1, 0.15) is 18.1 Å². The molecule has 5 heteroatoms. The first-order valence-electron chi connectivity index (χ1n) is 6.57. The Morgan fingerprint density at radius 1 is 1.32 bits per heavy atom. The molecular weight excluding hydrogens is 346 g/mol. The standard InChI is InChI=1S/C17H14BrNO3/c18-14-5-3-6-16(13-14)22-11-2-1-10-19-17(20)9-8-15-7-4-12-21-15/h3-9,12-13H,10-11H2,(H,19,20)/b9-8+. The third-order valence-corrected chi connectivity index (χ3v) is 3.02. The summed E-state index contributed by atoms with van der Waals surface area (Å²) in [5, 5.41) is 2.65. The lowest BCUT2D eigenvalue weighted by Gasteiger charge is -2.01. The Labute approximate surface area is 137 Å². The summed E-state index contributed by atoms with van der Waals surface area (Å²) in [4.78, 5) is 11.5. The van der Waals surface area contributed by atoms with Gasteiger partial charge >= 0.3 is 0 Å². The summed E-state index contributed by atoms with van der Waals surface area (Å²) in [5.41, 5.74) is 0. The third-order valence-electron chi connectivity index (χ3n) is 2.53. The van der Waals surface area contributed by atoms with E-state index in [1.807, 2.05) is 24.3 Å². The Bertz CT molecular complexity index is 696. The number of hydrogen-bond acceptors (Lipinski definition) is 3. The Morgan fingerprint density at radius 3 is 3.00 bits per heavy atom. The van der Waals surface area contributed by atoms with Gasteiger partial charge in [-0.25, -0.2) is 0 Å². The van der Waals surface area contributed by atoms with Crippen LogP contribution in [0.5, 0.6) is 5.75 Å². The van der Waals surface area contributed by atoms with Gasteiger partial charge in [-0.1, -0.05) is 33.8 Å². The number of furan rings is 1. The van der Waals surface area contributed by atoms with E-state index < -0.39 is 0 Å². The minimum Gasteiger partial charge on any atom is -0.481 e. The molecule has 1 amide bonds. The smallest absolute Gasteiger partial charge is 0.244 e. The van der Waals surface area contributed by atoms with Gasteiger partial charge in [-0.05, 0) is 36.4 Å². The number of amides is 1. The van der Waals surface area contributed by atoms with Crippen molar-refractivity contribution in [3.8, 4) is 17.6 Å². The summed E-state index contributed by atoms with van der Waals surface area (Å²) in [5.74, 6) is 6.80. The first-order valence-corrected chi connectivity index (χ1v) is 7.37. The minimum absolute atomic E-state index is 0.224. The Morgan fingerprint density at radius 2 is 2.23 bits per heavy atom. The molecule has 1 N–H and O–H groups in total. The maximum absolute atomic E-state index is 11.5. The van der Waals surface area contributed by atoms with Crippen LogP contribution in [0.2, 0.25) is 0 Å². The highest BCUT2D eigenvalue weighted by Crippen LogP contribution is 2.17. The largest absolute Gasteiger partial charge is 0.481 e. The van der Waals surface area contributed by atoms with E-state index in [-0.39, 0.29) is 19.1 Å². The summed E-state index contributed by atoms with van der Waals surface area (Å²) >= 11 is 3.36. The molecule has 0 aliphatic rings. The van der Waals surface area contributed by atoms with Gasteiger partial charge in [0.25, 0.3) is 0 Å². The molecule has 0 radical (unpaired) electrons. The third kappa shape index (κ3) is 5.90. The van der Waals surface area contributed by atoms with E-state index in [9.17, 15) is 4.79 Å². The predicted molar refractivity (Wildman–Crippen MR) is 88.2 cm³/mol. The van der Waals surface area contributed by atoms with Gasteiger partial charge in [-0.15, -0.1) is 0 Å². The molecule has 1 aromatic carbocycles. The molecule has 2 aromatic rings. The van der Waals surface area contributed by atoms with Crippen molar-refractivity contribution in [1.29, 1.82) is 0 Å². The quantitative estimate of drug-likeness (QED) is 0.658. The van der Waals surface area contributed by atoms with E-state index in [2.05, 4.69) is 33.1 Å². The molecule has 0 unspecified atom stereocenters. The maximum atomic E-state index is 11.5. The number of hydrogen-bond donors (Lipinski definition) is 1. The zero-order chi connectivity index (χ0) is 15.6. The van der Waals surface area contributed by atoms with Crippen LogP contribution < -0.4 is 10.1 Å². The van der Waals surface area contributed by atoms with E-state index >= 15 is 0 Å². The van der Waals surface area contributed by atoms with E-state index in [4.69, 9.17) is 9.15 Å². The highest BCUT2D eigenvalue weighted by Gasteiger charge is 1.94. The summed E-state index contributed by atoms with van der Waals surface area (Å²) in [7, 11) is 0. The second kappa shape index (κ2) is 8.75. The predicted octanol–water partition coefficient (Wildman–Crippen LogP) is 3.25. The van der Waals surface area contributed by atoms with E-state index in [1.165, 1.54) is 6.08 Å². The van der Waals surface area contributed by atoms with Crippen molar-refractivity contribution >= 4 is 27.9 Å². The average Bonchev–Trinajstić information content (AvgIpc) is 3.02. The van der Waals surface area contributed by atoms with Crippen LogP contribution in [0.15, 0.2) is 57.6 Å². The molecule has 1 heterocycles. The molecule has 4 nitrogen and oxygen atoms in total. The fourth-order valence-electron chi connectivity index (χ4n) is 1.52. The van der Waals surface area contributed by atoms with Gasteiger partial charge in [0.05, 0.1) is 12.8 Å². The van der Waals surface area contributed by atoms with E-state index in [0.29, 0.717) is 5.76 Å². The lowest BCUT2D eigenvalue weighted by Crippen LogP contribution is -2.21. The molecule has 0 bridgehead atoms. The second-order valence-corrected chi connectivity index (χ2v) is 5.08. The Hall–Kier alpha value is -2.45. The van der Waals surface area contributed by atoms with Crippen LogP contribution >= 0.6 is 15.9 Å². The topological polar surface area (TPSA) is 51.5 Å². The van der Waals surface area contributed by atoms with Crippen molar-refractivity contribution in [2.24, 2.45) is 0 Å². The van der Waals surface area contributed by atoms with Crippen LogP contribution in [0.3, 0.4) is 0 Å². The van der Waals surface area contributed by atoms with Gasteiger partial charge in [0.2, 0.25) is 5.91 Å². The summed E-state index contributed by atoms with van der Waals surface area (Å²) in [6.45, 7) is 0.539. The van der Waals surface area contributed by atoms with Crippen molar-refractivity contribution in [2.75, 3.05) is 13.2 Å². The Kier molecular flexibility index (Phi) is 6.34. The zero-order valence-electron chi connectivity index (χ0n) is 11.7. The molecule has 0 fully saturated rings. The minimum atomic E-state index is -0.224. The summed E-state index contributed by atoms with van der Waals surface area (Å²) in [6.07, 6.45) is 4.55. The van der Waals surface area contributed by atoms with Gasteiger partial charge in [0, 0.05) is 10.5 Å². The number of halogens is 1. The van der Waals surface area contributed by atoms with Crippen LogP contribution in [0.25, 0.3) is 6.08 Å². The average molecular weight is 360 g/mol. The number of benzene rings is 1. The highest BCUT2D eigenvalue weighted by molar-refractivity contribution is 9.10. The van der Waals surface area contributed by atoms with Crippen LogP contribution in [-0.4, -0.2) is 19.1 Å². The lowest BCUT2D eigenvalue weighted by atomic mass is 10.3. The normalized spacial score (nSPS) is 10.0. The molecule has 0 aliphatic carbocycles. The molecule has 2 rings (SSSR count). The van der Waals surface area contributed by atoms with Gasteiger partial charge in [-0.3, -0.25) is 4.79 Å². The number of carbonyl (C=O) groups is 1. The maximum Gasteiger partial charge on any atom is 0.244 e. The number of carbonyl (C=O) groups excluding carboxylic acids is 1. The van der Waals surface area contributed by atoms with E-state index in [0.717, 1.165) is 10.2 Å². The molecule has 0 atom stereocenters. The molecular formula is C17H14BrNO3. The van der Waals surface area contributed by atoms with Crippen molar-refractivity contribution in [1.82, 2.24) is 5.32 Å². The molecule has 22 heavy (non-hydrogen) atoms. The monoisotopic (exact) mass is 359 g/mol. The molecule has 0 spiro atoms. The fourth-order valence-corrected chi connectivity index (χ4v) is 1.90. The number of ether oxygens (including phenoxy) is 1. The molecule has 1 aromatic heterocycles. The first kappa shape index (κ1) is 15.9. The second-order valence-electron chi connectivity index (χ2n) is 4.17. The van der Waals surface area contributed by atoms with Gasteiger partial charge < -0.3 is 14.5 Å². The zero-order valence-corrected chi connectivity index (χ0v) is 13.3. The van der Waals surface area contributed by atoms with Gasteiger partial charge in [-0.2, -0.15) is 0 Å². The van der Waals surface area contributed by atoms with Crippen LogP contribution in [-0.2, 0) is 4.79 Å². The fraction of sp³-hybridized carbons (Fsp3) is 0.118. The number of rotatable bonds is 5. The SMILES string of the molecule is O=C(/C=C/c1ccco1)NCC#CCOc1cccc(Br)c1. The van der Waals surface area contributed by atoms with E-state index in [1.54, 1.807) is 24.5 Å². The molecule has 0 aliphatic heterocycles. The van der Waals surface area contributed by atoms with Crippen molar-refractivity contribution < 1.29 is 13.9 Å². The van der Waals surface area contributed by atoms with Crippen molar-refractivity contribution in [3.05, 3.63) is 59.0 Å². The van der Waals surface area contributed by atoms with Crippen LogP contribution in [0, 0.1) is 11.8 Å². The molecule has 0 saturated heterocycles. The summed E-state index contributed by atoms with van der Waals surface area (Å²) < 4.78 is 11.5. The van der Waals surface area contributed by atoms with Crippen molar-refractivity contribution in [3.63, 3.8) is 0 Å². The molecule has 0 saturated carbocycles. The van der Waals surface area contributed by atoms with Crippen LogP contribution in [0.1, 0.15) is 5.76 Å². The highest BCUT2D eigenvalue weighted by atomic mass is 79.9. The lowest BCUT2D eigenvalue weighted by molar-refractivity contribution is -0.116. The Balaban J connectivity index is 1.65. The van der Waals surface area contributed by atoms with Crippen LogP contribution in [0.4, 0.5) is 0 Å². The first-order chi connectivity index (χ1) is 10.7. The number of nitrogens with one attached hydrogen (secondary N) is 1. The molecule has 112 valence electrons.